The first-order chi connectivity index (χ1) is 10.2. The van der Waals surface area contributed by atoms with E-state index in [1.165, 1.54) is 32.4 Å². The van der Waals surface area contributed by atoms with Gasteiger partial charge in [0.15, 0.2) is 0 Å². The zero-order chi connectivity index (χ0) is 14.7. The summed E-state index contributed by atoms with van der Waals surface area (Å²) in [5, 5.41) is 2.94. The number of amides is 2. The van der Waals surface area contributed by atoms with Crippen LogP contribution >= 0.6 is 0 Å². The van der Waals surface area contributed by atoms with Crippen LogP contribution < -0.4 is 11.1 Å². The van der Waals surface area contributed by atoms with E-state index in [1.807, 2.05) is 23.1 Å². The van der Waals surface area contributed by atoms with Gasteiger partial charge in [-0.3, -0.25) is 4.90 Å². The molecule has 2 saturated heterocycles. The van der Waals surface area contributed by atoms with E-state index in [1.54, 1.807) is 6.07 Å². The molecular weight excluding hydrogens is 264 g/mol. The molecule has 2 heterocycles. The predicted octanol–water partition coefficient (Wildman–Crippen LogP) is 2.36. The van der Waals surface area contributed by atoms with E-state index in [9.17, 15) is 4.79 Å². The second-order valence-corrected chi connectivity index (χ2v) is 6.04. The molecule has 5 heteroatoms. The summed E-state index contributed by atoms with van der Waals surface area (Å²) in [6.07, 6.45) is 5.03. The molecule has 114 valence electrons. The monoisotopic (exact) mass is 288 g/mol. The van der Waals surface area contributed by atoms with Crippen molar-refractivity contribution in [3.8, 4) is 0 Å². The van der Waals surface area contributed by atoms with Crippen molar-refractivity contribution in [2.24, 2.45) is 0 Å². The first-order valence-electron chi connectivity index (χ1n) is 7.88. The standard InChI is InChI=1S/C16H24N4O/c17-13-5-4-6-14(11-13)18-16(21)20-10-7-15(12-20)19-8-2-1-3-9-19/h4-6,11,15H,1-3,7-10,12,17H2,(H,18,21). The van der Waals surface area contributed by atoms with Crippen molar-refractivity contribution in [3.05, 3.63) is 24.3 Å². The number of carbonyl (C=O) groups excluding carboxylic acids is 1. The van der Waals surface area contributed by atoms with Crippen molar-refractivity contribution in [1.82, 2.24) is 9.80 Å². The lowest BCUT2D eigenvalue weighted by Gasteiger charge is -2.32. The SMILES string of the molecule is Nc1cccc(NC(=O)N2CCC(N3CCCCC3)C2)c1. The van der Waals surface area contributed by atoms with Gasteiger partial charge in [0.25, 0.3) is 0 Å². The minimum Gasteiger partial charge on any atom is -0.399 e. The Morgan fingerprint density at radius 3 is 2.76 bits per heavy atom. The molecule has 0 bridgehead atoms. The molecule has 5 nitrogen and oxygen atoms in total. The molecule has 0 aliphatic carbocycles. The number of nitrogens with two attached hydrogens (primary N) is 1. The van der Waals surface area contributed by atoms with Crippen molar-refractivity contribution >= 4 is 17.4 Å². The molecule has 1 aromatic carbocycles. The number of rotatable bonds is 2. The Morgan fingerprint density at radius 1 is 1.19 bits per heavy atom. The number of hydrogen-bond donors (Lipinski definition) is 2. The Bertz CT molecular complexity index is 499. The summed E-state index contributed by atoms with van der Waals surface area (Å²) < 4.78 is 0. The van der Waals surface area contributed by atoms with Gasteiger partial charge in [-0.2, -0.15) is 0 Å². The Morgan fingerprint density at radius 2 is 2.00 bits per heavy atom. The van der Waals surface area contributed by atoms with Crippen LogP contribution in [0.3, 0.4) is 0 Å². The summed E-state index contributed by atoms with van der Waals surface area (Å²) >= 11 is 0. The van der Waals surface area contributed by atoms with Crippen LogP contribution in [-0.4, -0.2) is 48.1 Å². The summed E-state index contributed by atoms with van der Waals surface area (Å²) in [5.74, 6) is 0. The van der Waals surface area contributed by atoms with Crippen LogP contribution in [0.5, 0.6) is 0 Å². The molecule has 2 aliphatic heterocycles. The van der Waals surface area contributed by atoms with Crippen LogP contribution in [0.15, 0.2) is 24.3 Å². The first-order valence-corrected chi connectivity index (χ1v) is 7.88. The van der Waals surface area contributed by atoms with Crippen LogP contribution in [0.4, 0.5) is 16.2 Å². The lowest BCUT2D eigenvalue weighted by molar-refractivity contribution is 0.164. The number of benzene rings is 1. The number of urea groups is 1. The molecular formula is C16H24N4O. The Kier molecular flexibility index (Phi) is 4.29. The van der Waals surface area contributed by atoms with Gasteiger partial charge in [0.1, 0.15) is 0 Å². The number of piperidine rings is 1. The van der Waals surface area contributed by atoms with Gasteiger partial charge in [0.2, 0.25) is 0 Å². The highest BCUT2D eigenvalue weighted by molar-refractivity contribution is 5.90. The summed E-state index contributed by atoms with van der Waals surface area (Å²) in [6, 6.07) is 7.85. The van der Waals surface area contributed by atoms with Gasteiger partial charge < -0.3 is 16.0 Å². The van der Waals surface area contributed by atoms with E-state index in [-0.39, 0.29) is 6.03 Å². The number of nitrogens with zero attached hydrogens (tertiary/aromatic N) is 2. The highest BCUT2D eigenvalue weighted by atomic mass is 16.2. The maximum Gasteiger partial charge on any atom is 0.321 e. The van der Waals surface area contributed by atoms with Gasteiger partial charge >= 0.3 is 6.03 Å². The highest BCUT2D eigenvalue weighted by Crippen LogP contribution is 2.21. The molecule has 1 atom stereocenters. The van der Waals surface area contributed by atoms with Gasteiger partial charge in [-0.25, -0.2) is 4.79 Å². The largest absolute Gasteiger partial charge is 0.399 e. The predicted molar refractivity (Wildman–Crippen MR) is 85.3 cm³/mol. The molecule has 2 aliphatic rings. The molecule has 2 fully saturated rings. The van der Waals surface area contributed by atoms with E-state index < -0.39 is 0 Å². The van der Waals surface area contributed by atoms with Crippen LogP contribution in [0, 0.1) is 0 Å². The smallest absolute Gasteiger partial charge is 0.321 e. The van der Waals surface area contributed by atoms with Crippen LogP contribution in [0.2, 0.25) is 0 Å². The van der Waals surface area contributed by atoms with Crippen LogP contribution in [-0.2, 0) is 0 Å². The maximum absolute atomic E-state index is 12.3. The molecule has 3 rings (SSSR count). The number of carbonyl (C=O) groups is 1. The molecule has 1 aromatic rings. The molecule has 0 aromatic heterocycles. The van der Waals surface area contributed by atoms with Gasteiger partial charge in [0.05, 0.1) is 0 Å². The minimum absolute atomic E-state index is 0.0138. The molecule has 0 spiro atoms. The Labute approximate surface area is 126 Å². The number of nitrogens with one attached hydrogen (secondary N) is 1. The van der Waals surface area contributed by atoms with E-state index >= 15 is 0 Å². The lowest BCUT2D eigenvalue weighted by atomic mass is 10.1. The fourth-order valence-corrected chi connectivity index (χ4v) is 3.33. The fraction of sp³-hybridized carbons (Fsp3) is 0.562. The number of hydrogen-bond acceptors (Lipinski definition) is 3. The average molecular weight is 288 g/mol. The summed E-state index contributed by atoms with van der Waals surface area (Å²) in [6.45, 7) is 4.06. The topological polar surface area (TPSA) is 61.6 Å². The molecule has 0 saturated carbocycles. The number of likely N-dealkylation sites (tertiary alicyclic amines) is 2. The summed E-state index contributed by atoms with van der Waals surface area (Å²) in [5.41, 5.74) is 7.17. The maximum atomic E-state index is 12.3. The van der Waals surface area contributed by atoms with Crippen molar-refractivity contribution < 1.29 is 4.79 Å². The summed E-state index contributed by atoms with van der Waals surface area (Å²) in [7, 11) is 0. The van der Waals surface area contributed by atoms with Gasteiger partial charge in [-0.05, 0) is 50.6 Å². The average Bonchev–Trinajstić information content (AvgIpc) is 2.98. The van der Waals surface area contributed by atoms with Crippen molar-refractivity contribution in [2.75, 3.05) is 37.2 Å². The minimum atomic E-state index is -0.0138. The third-order valence-corrected chi connectivity index (χ3v) is 4.50. The second-order valence-electron chi connectivity index (χ2n) is 6.04. The van der Waals surface area contributed by atoms with E-state index in [4.69, 9.17) is 5.73 Å². The van der Waals surface area contributed by atoms with E-state index in [2.05, 4.69) is 10.2 Å². The lowest BCUT2D eigenvalue weighted by Crippen LogP contribution is -2.42. The van der Waals surface area contributed by atoms with Crippen molar-refractivity contribution in [1.29, 1.82) is 0 Å². The molecule has 0 radical (unpaired) electrons. The zero-order valence-electron chi connectivity index (χ0n) is 12.4. The third-order valence-electron chi connectivity index (χ3n) is 4.50. The van der Waals surface area contributed by atoms with E-state index in [0.717, 1.165) is 25.2 Å². The number of anilines is 2. The first kappa shape index (κ1) is 14.2. The quantitative estimate of drug-likeness (QED) is 0.821. The fourth-order valence-electron chi connectivity index (χ4n) is 3.33. The van der Waals surface area contributed by atoms with E-state index in [0.29, 0.717) is 11.7 Å². The summed E-state index contributed by atoms with van der Waals surface area (Å²) in [4.78, 5) is 16.8. The van der Waals surface area contributed by atoms with Gasteiger partial charge in [0, 0.05) is 30.5 Å². The molecule has 21 heavy (non-hydrogen) atoms. The number of nitrogen functional groups attached to an aromatic ring is 1. The van der Waals surface area contributed by atoms with Crippen LogP contribution in [0.1, 0.15) is 25.7 Å². The molecule has 1 unspecified atom stereocenters. The van der Waals surface area contributed by atoms with Gasteiger partial charge in [-0.1, -0.05) is 12.5 Å². The van der Waals surface area contributed by atoms with Gasteiger partial charge in [-0.15, -0.1) is 0 Å². The third kappa shape index (κ3) is 3.47. The normalized spacial score (nSPS) is 23.2. The zero-order valence-corrected chi connectivity index (χ0v) is 12.4. The van der Waals surface area contributed by atoms with Crippen molar-refractivity contribution in [2.45, 2.75) is 31.7 Å². The Hall–Kier alpha value is -1.75. The Balaban J connectivity index is 1.54. The molecule has 2 amide bonds. The van der Waals surface area contributed by atoms with Crippen molar-refractivity contribution in [3.63, 3.8) is 0 Å². The van der Waals surface area contributed by atoms with Crippen LogP contribution in [0.25, 0.3) is 0 Å². The molecule has 3 N–H and O–H groups in total. The second kappa shape index (κ2) is 6.35. The highest BCUT2D eigenvalue weighted by Gasteiger charge is 2.30.